The molecular weight excluding hydrogens is 725 g/mol. The zero-order valence-corrected chi connectivity index (χ0v) is 32.1. The second-order valence-corrected chi connectivity index (χ2v) is 15.5. The zero-order chi connectivity index (χ0) is 38.4. The molecule has 0 bridgehead atoms. The summed E-state index contributed by atoms with van der Waals surface area (Å²) in [5.74, 6) is 1.58. The van der Waals surface area contributed by atoms with Crippen molar-refractivity contribution in [2.75, 3.05) is 0 Å². The molecule has 0 saturated carbocycles. The highest BCUT2D eigenvalue weighted by Crippen LogP contribution is 2.45. The Hall–Kier alpha value is -7.47. The highest BCUT2D eigenvalue weighted by molar-refractivity contribution is 7.26. The molecule has 0 N–H and O–H groups in total. The number of aromatic nitrogens is 4. The summed E-state index contributed by atoms with van der Waals surface area (Å²) in [6.07, 6.45) is 0. The highest BCUT2D eigenvalue weighted by Gasteiger charge is 2.22. The van der Waals surface area contributed by atoms with E-state index >= 15 is 0 Å². The average Bonchev–Trinajstić information content (AvgIpc) is 3.89. The van der Waals surface area contributed by atoms with Crippen LogP contribution in [-0.4, -0.2) is 19.5 Å². The van der Waals surface area contributed by atoms with Crippen molar-refractivity contribution in [2.45, 2.75) is 0 Å². The number of nitrogens with zero attached hydrogens (tertiary/aromatic N) is 4. The van der Waals surface area contributed by atoms with Gasteiger partial charge in [-0.25, -0.2) is 15.0 Å². The maximum atomic E-state index is 5.41. The van der Waals surface area contributed by atoms with Crippen molar-refractivity contribution in [2.24, 2.45) is 0 Å². The molecule has 3 heterocycles. The average molecular weight is 759 g/mol. The Morgan fingerprint density at radius 3 is 1.60 bits per heavy atom. The molecule has 0 fully saturated rings. The van der Waals surface area contributed by atoms with E-state index in [0.717, 1.165) is 78.1 Å². The number of fused-ring (bicyclic) bond motifs is 4. The Bertz CT molecular complexity index is 3260. The van der Waals surface area contributed by atoms with Crippen molar-refractivity contribution in [1.82, 2.24) is 19.5 Å². The van der Waals surface area contributed by atoms with Gasteiger partial charge in [0.2, 0.25) is 0 Å². The van der Waals surface area contributed by atoms with Gasteiger partial charge in [-0.3, -0.25) is 4.57 Å². The molecule has 0 aliphatic heterocycles. The van der Waals surface area contributed by atoms with Crippen LogP contribution in [0.5, 0.6) is 0 Å². The van der Waals surface area contributed by atoms with Crippen molar-refractivity contribution < 1.29 is 0 Å². The van der Waals surface area contributed by atoms with Gasteiger partial charge in [-0.05, 0) is 70.8 Å². The fourth-order valence-corrected chi connectivity index (χ4v) is 9.26. The minimum absolute atomic E-state index is 0.682. The summed E-state index contributed by atoms with van der Waals surface area (Å²) in [5.41, 5.74) is 13.6. The molecule has 5 heteroatoms. The Morgan fingerprint density at radius 2 is 0.879 bits per heavy atom. The smallest absolute Gasteiger partial charge is 0.161 e. The quantitative estimate of drug-likeness (QED) is 0.163. The van der Waals surface area contributed by atoms with E-state index in [9.17, 15) is 0 Å². The van der Waals surface area contributed by atoms with Gasteiger partial charge in [-0.2, -0.15) is 0 Å². The predicted octanol–water partition coefficient (Wildman–Crippen LogP) is 14.2. The minimum atomic E-state index is 0.682. The lowest BCUT2D eigenvalue weighted by Crippen LogP contribution is -1.98. The maximum Gasteiger partial charge on any atom is 0.161 e. The van der Waals surface area contributed by atoms with Gasteiger partial charge in [0, 0.05) is 48.1 Å². The summed E-state index contributed by atoms with van der Waals surface area (Å²) in [4.78, 5) is 16.1. The van der Waals surface area contributed by atoms with Gasteiger partial charge in [-0.1, -0.05) is 158 Å². The second kappa shape index (κ2) is 14.2. The molecule has 272 valence electrons. The zero-order valence-electron chi connectivity index (χ0n) is 31.3. The van der Waals surface area contributed by atoms with Crippen LogP contribution in [0.15, 0.2) is 206 Å². The molecule has 0 aliphatic carbocycles. The van der Waals surface area contributed by atoms with Crippen LogP contribution in [0, 0.1) is 0 Å². The molecular formula is C53H34N4S. The number of hydrogen-bond donors (Lipinski definition) is 0. The monoisotopic (exact) mass is 758 g/mol. The fraction of sp³-hybridized carbons (Fsp3) is 0. The van der Waals surface area contributed by atoms with Gasteiger partial charge in [0.1, 0.15) is 5.82 Å². The van der Waals surface area contributed by atoms with Gasteiger partial charge in [0.15, 0.2) is 5.82 Å². The van der Waals surface area contributed by atoms with Gasteiger partial charge in [0.05, 0.1) is 22.4 Å². The topological polar surface area (TPSA) is 43.6 Å². The van der Waals surface area contributed by atoms with Crippen molar-refractivity contribution in [1.29, 1.82) is 0 Å². The van der Waals surface area contributed by atoms with Crippen LogP contribution in [0.2, 0.25) is 0 Å². The van der Waals surface area contributed by atoms with E-state index in [0.29, 0.717) is 5.82 Å². The molecule has 0 atom stereocenters. The van der Waals surface area contributed by atoms with Crippen LogP contribution in [0.3, 0.4) is 0 Å². The molecule has 0 saturated heterocycles. The van der Waals surface area contributed by atoms with Gasteiger partial charge < -0.3 is 0 Å². The van der Waals surface area contributed by atoms with E-state index in [2.05, 4.69) is 205 Å². The molecule has 11 rings (SSSR count). The van der Waals surface area contributed by atoms with E-state index in [4.69, 9.17) is 15.0 Å². The van der Waals surface area contributed by atoms with Crippen LogP contribution in [0.1, 0.15) is 0 Å². The third-order valence-electron chi connectivity index (χ3n) is 10.9. The molecule has 0 unspecified atom stereocenters. The minimum Gasteiger partial charge on any atom is -0.292 e. The van der Waals surface area contributed by atoms with Gasteiger partial charge >= 0.3 is 0 Å². The van der Waals surface area contributed by atoms with E-state index in [1.807, 2.05) is 6.07 Å². The van der Waals surface area contributed by atoms with Crippen molar-refractivity contribution in [3.63, 3.8) is 0 Å². The highest BCUT2D eigenvalue weighted by atomic mass is 32.1. The lowest BCUT2D eigenvalue weighted by atomic mass is 9.98. The summed E-state index contributed by atoms with van der Waals surface area (Å²) >= 11 is 1.80. The lowest BCUT2D eigenvalue weighted by Gasteiger charge is -2.13. The van der Waals surface area contributed by atoms with Crippen molar-refractivity contribution in [3.8, 4) is 73.2 Å². The number of imidazole rings is 1. The Labute approximate surface area is 340 Å². The molecule has 3 aromatic heterocycles. The van der Waals surface area contributed by atoms with E-state index in [-0.39, 0.29) is 0 Å². The standard InChI is InChI=1S/C53H34N4S/c1-4-15-35(16-5-1)37-29-31-38(32-30-37)45-34-46(40-20-12-19-39(33-40)36-17-6-2-7-18-36)55-52(54-45)42-23-13-27-48-50(42)51-43(24-14-28-49(51)58-48)53-56-44-25-10-11-26-47(44)57(53)41-21-8-3-9-22-41/h1-34H. The summed E-state index contributed by atoms with van der Waals surface area (Å²) in [6.45, 7) is 0. The molecule has 4 nitrogen and oxygen atoms in total. The summed E-state index contributed by atoms with van der Waals surface area (Å²) in [6, 6.07) is 72.5. The number of hydrogen-bond acceptors (Lipinski definition) is 4. The second-order valence-electron chi connectivity index (χ2n) is 14.4. The fourth-order valence-electron chi connectivity index (χ4n) is 8.10. The number of benzene rings is 8. The molecule has 11 aromatic rings. The van der Waals surface area contributed by atoms with E-state index in [1.165, 1.54) is 20.5 Å². The SMILES string of the molecule is c1ccc(-c2ccc(-c3cc(-c4cccc(-c5ccccc5)c4)nc(-c4cccc5sc6cccc(-c7nc8ccccc8n7-c7ccccc7)c6c45)n3)cc2)cc1. The Kier molecular flexibility index (Phi) is 8.30. The van der Waals surface area contributed by atoms with Crippen LogP contribution >= 0.6 is 11.3 Å². The van der Waals surface area contributed by atoms with E-state index < -0.39 is 0 Å². The van der Waals surface area contributed by atoms with Crippen LogP contribution in [0.25, 0.3) is 104 Å². The Morgan fingerprint density at radius 1 is 0.362 bits per heavy atom. The summed E-state index contributed by atoms with van der Waals surface area (Å²) < 4.78 is 4.65. The third kappa shape index (κ3) is 5.97. The number of thiophene rings is 1. The summed E-state index contributed by atoms with van der Waals surface area (Å²) in [7, 11) is 0. The molecule has 0 aliphatic rings. The first-order valence-electron chi connectivity index (χ1n) is 19.4. The maximum absolute atomic E-state index is 5.41. The van der Waals surface area contributed by atoms with Crippen molar-refractivity contribution in [3.05, 3.63) is 206 Å². The van der Waals surface area contributed by atoms with Crippen LogP contribution in [0.4, 0.5) is 0 Å². The molecule has 8 aromatic carbocycles. The molecule has 0 spiro atoms. The third-order valence-corrected chi connectivity index (χ3v) is 12.0. The first-order valence-corrected chi connectivity index (χ1v) is 20.3. The largest absolute Gasteiger partial charge is 0.292 e. The first kappa shape index (κ1) is 33.8. The molecule has 0 radical (unpaired) electrons. The molecule has 58 heavy (non-hydrogen) atoms. The Balaban J connectivity index is 1.14. The van der Waals surface area contributed by atoms with Crippen LogP contribution in [-0.2, 0) is 0 Å². The van der Waals surface area contributed by atoms with Gasteiger partial charge in [-0.15, -0.1) is 11.3 Å². The van der Waals surface area contributed by atoms with Crippen molar-refractivity contribution >= 4 is 42.5 Å². The number of rotatable bonds is 7. The normalized spacial score (nSPS) is 11.4. The predicted molar refractivity (Wildman–Crippen MR) is 242 cm³/mol. The lowest BCUT2D eigenvalue weighted by molar-refractivity contribution is 1.11. The summed E-state index contributed by atoms with van der Waals surface area (Å²) in [5, 5.41) is 2.28. The van der Waals surface area contributed by atoms with Crippen LogP contribution < -0.4 is 0 Å². The van der Waals surface area contributed by atoms with Gasteiger partial charge in [0.25, 0.3) is 0 Å². The molecule has 0 amide bonds. The van der Waals surface area contributed by atoms with E-state index in [1.54, 1.807) is 11.3 Å². The number of para-hydroxylation sites is 3. The first-order chi connectivity index (χ1) is 28.7.